The first kappa shape index (κ1) is 11.7. The van der Waals surface area contributed by atoms with Gasteiger partial charge >= 0.3 is 5.97 Å². The number of carbonyl (C=O) groups is 1. The summed E-state index contributed by atoms with van der Waals surface area (Å²) in [6.07, 6.45) is 1.62. The van der Waals surface area contributed by atoms with Crippen LogP contribution in [0.1, 0.15) is 12.5 Å². The monoisotopic (exact) mass is 225 g/mol. The maximum atomic E-state index is 11.0. The summed E-state index contributed by atoms with van der Waals surface area (Å²) >= 11 is 5.73. The highest BCUT2D eigenvalue weighted by Gasteiger charge is 2.09. The van der Waals surface area contributed by atoms with Crippen molar-refractivity contribution in [3.05, 3.63) is 34.9 Å². The van der Waals surface area contributed by atoms with E-state index >= 15 is 0 Å². The zero-order valence-electron chi connectivity index (χ0n) is 8.61. The Bertz CT molecular complexity index is 359. The van der Waals surface area contributed by atoms with Crippen molar-refractivity contribution < 1.29 is 9.53 Å². The Morgan fingerprint density at radius 1 is 1.47 bits per heavy atom. The molecule has 15 heavy (non-hydrogen) atoms. The third-order valence-electron chi connectivity index (χ3n) is 1.86. The second kappa shape index (κ2) is 5.51. The van der Waals surface area contributed by atoms with Gasteiger partial charge < -0.3 is 4.74 Å². The molecule has 0 radical (unpaired) electrons. The van der Waals surface area contributed by atoms with Gasteiger partial charge in [0.2, 0.25) is 0 Å². The fourth-order valence-electron chi connectivity index (χ4n) is 0.978. The lowest BCUT2D eigenvalue weighted by atomic mass is 10.2. The Morgan fingerprint density at radius 2 is 2.07 bits per heavy atom. The van der Waals surface area contributed by atoms with Gasteiger partial charge in [0.1, 0.15) is 6.04 Å². The summed E-state index contributed by atoms with van der Waals surface area (Å²) in [5.74, 6) is -0.347. The van der Waals surface area contributed by atoms with E-state index in [-0.39, 0.29) is 5.97 Å². The molecule has 80 valence electrons. The fraction of sp³-hybridized carbons (Fsp3) is 0.273. The van der Waals surface area contributed by atoms with Gasteiger partial charge in [-0.15, -0.1) is 0 Å². The molecule has 1 aromatic carbocycles. The lowest BCUT2D eigenvalue weighted by Gasteiger charge is -2.02. The number of hydrogen-bond donors (Lipinski definition) is 0. The van der Waals surface area contributed by atoms with Crippen LogP contribution in [0.4, 0.5) is 0 Å². The van der Waals surface area contributed by atoms with E-state index in [9.17, 15) is 4.79 Å². The van der Waals surface area contributed by atoms with Crippen LogP contribution in [-0.2, 0) is 9.53 Å². The molecule has 0 fully saturated rings. The Labute approximate surface area is 93.7 Å². The third kappa shape index (κ3) is 3.72. The van der Waals surface area contributed by atoms with Gasteiger partial charge in [-0.1, -0.05) is 23.7 Å². The molecular weight excluding hydrogens is 214 g/mol. The summed E-state index contributed by atoms with van der Waals surface area (Å²) in [7, 11) is 1.34. The maximum absolute atomic E-state index is 11.0. The molecule has 0 amide bonds. The highest BCUT2D eigenvalue weighted by Crippen LogP contribution is 2.08. The third-order valence-corrected chi connectivity index (χ3v) is 2.11. The summed E-state index contributed by atoms with van der Waals surface area (Å²) in [5, 5.41) is 0.674. The van der Waals surface area contributed by atoms with Crippen LogP contribution in [0.15, 0.2) is 29.3 Å². The fourth-order valence-corrected chi connectivity index (χ4v) is 1.10. The van der Waals surface area contributed by atoms with Gasteiger partial charge in [-0.05, 0) is 24.6 Å². The highest BCUT2D eigenvalue weighted by molar-refractivity contribution is 6.30. The maximum Gasteiger partial charge on any atom is 0.330 e. The van der Waals surface area contributed by atoms with Gasteiger partial charge in [0.05, 0.1) is 7.11 Å². The van der Waals surface area contributed by atoms with E-state index in [0.717, 1.165) is 5.56 Å². The van der Waals surface area contributed by atoms with Gasteiger partial charge in [-0.2, -0.15) is 0 Å². The predicted molar refractivity (Wildman–Crippen MR) is 60.5 cm³/mol. The molecule has 4 heteroatoms. The molecule has 0 heterocycles. The van der Waals surface area contributed by atoms with Crippen LogP contribution in [-0.4, -0.2) is 25.3 Å². The number of rotatable bonds is 3. The molecule has 1 aromatic rings. The number of hydrogen-bond acceptors (Lipinski definition) is 3. The molecule has 1 atom stereocenters. The van der Waals surface area contributed by atoms with E-state index in [1.807, 2.05) is 12.1 Å². The molecule has 0 aliphatic heterocycles. The first-order valence-corrected chi connectivity index (χ1v) is 4.88. The van der Waals surface area contributed by atoms with E-state index in [1.54, 1.807) is 25.3 Å². The Hall–Kier alpha value is -1.35. The largest absolute Gasteiger partial charge is 0.467 e. The summed E-state index contributed by atoms with van der Waals surface area (Å²) in [6.45, 7) is 1.68. The minimum absolute atomic E-state index is 0.347. The van der Waals surface area contributed by atoms with Crippen molar-refractivity contribution in [2.45, 2.75) is 13.0 Å². The van der Waals surface area contributed by atoms with Crippen LogP contribution in [0.2, 0.25) is 5.02 Å². The van der Waals surface area contributed by atoms with Crippen LogP contribution in [0, 0.1) is 0 Å². The first-order chi connectivity index (χ1) is 7.13. The van der Waals surface area contributed by atoms with Crippen LogP contribution in [0.3, 0.4) is 0 Å². The van der Waals surface area contributed by atoms with E-state index in [2.05, 4.69) is 9.73 Å². The highest BCUT2D eigenvalue weighted by atomic mass is 35.5. The number of nitrogens with zero attached hydrogens (tertiary/aromatic N) is 1. The average molecular weight is 226 g/mol. The molecule has 3 nitrogen and oxygen atoms in total. The Morgan fingerprint density at radius 3 is 2.60 bits per heavy atom. The zero-order chi connectivity index (χ0) is 11.3. The molecule has 0 N–H and O–H groups in total. The number of esters is 1. The first-order valence-electron chi connectivity index (χ1n) is 4.50. The number of methoxy groups -OCH3 is 1. The smallest absolute Gasteiger partial charge is 0.330 e. The SMILES string of the molecule is COC(=O)C(C)/N=C/c1ccc(Cl)cc1. The number of benzene rings is 1. The zero-order valence-corrected chi connectivity index (χ0v) is 9.36. The van der Waals surface area contributed by atoms with Gasteiger partial charge in [-0.3, -0.25) is 4.99 Å². The number of carbonyl (C=O) groups excluding carboxylic acids is 1. The van der Waals surface area contributed by atoms with Crippen molar-refractivity contribution in [3.63, 3.8) is 0 Å². The quantitative estimate of drug-likeness (QED) is 0.585. The lowest BCUT2D eigenvalue weighted by Crippen LogP contribution is -2.16. The minimum atomic E-state index is -0.481. The van der Waals surface area contributed by atoms with Crippen LogP contribution < -0.4 is 0 Å². The van der Waals surface area contributed by atoms with Crippen molar-refractivity contribution in [3.8, 4) is 0 Å². The summed E-state index contributed by atoms with van der Waals surface area (Å²) in [5.41, 5.74) is 0.898. The molecule has 1 rings (SSSR count). The molecule has 0 spiro atoms. The molecule has 0 bridgehead atoms. The predicted octanol–water partition coefficient (Wildman–Crippen LogP) is 2.32. The second-order valence-electron chi connectivity index (χ2n) is 3.03. The number of ether oxygens (including phenoxy) is 1. The standard InChI is InChI=1S/C11H12ClNO2/c1-8(11(14)15-2)13-7-9-3-5-10(12)6-4-9/h3-8H,1-2H3/b13-7+. The van der Waals surface area contributed by atoms with Crippen molar-refractivity contribution in [1.29, 1.82) is 0 Å². The van der Waals surface area contributed by atoms with E-state index in [1.165, 1.54) is 7.11 Å². The van der Waals surface area contributed by atoms with Crippen molar-refractivity contribution in [2.75, 3.05) is 7.11 Å². The van der Waals surface area contributed by atoms with Crippen molar-refractivity contribution >= 4 is 23.8 Å². The topological polar surface area (TPSA) is 38.7 Å². The van der Waals surface area contributed by atoms with E-state index < -0.39 is 6.04 Å². The van der Waals surface area contributed by atoms with E-state index in [4.69, 9.17) is 11.6 Å². The Balaban J connectivity index is 2.65. The summed E-state index contributed by atoms with van der Waals surface area (Å²) in [6, 6.07) is 6.72. The van der Waals surface area contributed by atoms with Gasteiger partial charge in [0.15, 0.2) is 0 Å². The average Bonchev–Trinajstić information content (AvgIpc) is 2.26. The lowest BCUT2D eigenvalue weighted by molar-refractivity contribution is -0.141. The molecule has 0 aromatic heterocycles. The molecule has 0 aliphatic carbocycles. The van der Waals surface area contributed by atoms with Gasteiger partial charge in [0, 0.05) is 11.2 Å². The van der Waals surface area contributed by atoms with Crippen molar-refractivity contribution in [2.24, 2.45) is 4.99 Å². The molecule has 0 saturated heterocycles. The summed E-state index contributed by atoms with van der Waals surface area (Å²) in [4.78, 5) is 15.1. The van der Waals surface area contributed by atoms with E-state index in [0.29, 0.717) is 5.02 Å². The summed E-state index contributed by atoms with van der Waals surface area (Å²) < 4.78 is 4.55. The molecule has 0 saturated carbocycles. The van der Waals surface area contributed by atoms with Crippen LogP contribution in [0.25, 0.3) is 0 Å². The number of halogens is 1. The Kier molecular flexibility index (Phi) is 4.31. The normalized spacial score (nSPS) is 12.7. The second-order valence-corrected chi connectivity index (χ2v) is 3.47. The minimum Gasteiger partial charge on any atom is -0.467 e. The molecular formula is C11H12ClNO2. The van der Waals surface area contributed by atoms with Crippen molar-refractivity contribution in [1.82, 2.24) is 0 Å². The van der Waals surface area contributed by atoms with Crippen LogP contribution in [0.5, 0.6) is 0 Å². The molecule has 1 unspecified atom stereocenters. The van der Waals surface area contributed by atoms with Crippen LogP contribution >= 0.6 is 11.6 Å². The van der Waals surface area contributed by atoms with Gasteiger partial charge in [-0.25, -0.2) is 4.79 Å². The molecule has 0 aliphatic rings. The van der Waals surface area contributed by atoms with Gasteiger partial charge in [0.25, 0.3) is 0 Å². The number of aliphatic imine (C=N–C) groups is 1.